The van der Waals surface area contributed by atoms with Crippen LogP contribution < -0.4 is 4.72 Å². The van der Waals surface area contributed by atoms with Gasteiger partial charge in [0.05, 0.1) is 12.7 Å². The fraction of sp³-hybridized carbons (Fsp3) is 0.294. The number of carboxylic acids is 1. The lowest BCUT2D eigenvalue weighted by Gasteiger charge is -2.27. The molecule has 0 spiro atoms. The highest BCUT2D eigenvalue weighted by molar-refractivity contribution is 7.86. The molecule has 15 nitrogen and oxygen atoms in total. The first kappa shape index (κ1) is 27.0. The minimum atomic E-state index is -5.13. The summed E-state index contributed by atoms with van der Waals surface area (Å²) in [5.74, 6) is -6.96. The minimum absolute atomic E-state index is 0.288. The molecule has 0 amide bonds. The van der Waals surface area contributed by atoms with E-state index in [9.17, 15) is 46.2 Å². The molecule has 2 atom stereocenters. The highest BCUT2D eigenvalue weighted by Gasteiger charge is 2.40. The fourth-order valence-corrected chi connectivity index (χ4v) is 4.39. The van der Waals surface area contributed by atoms with E-state index in [0.29, 0.717) is 0 Å². The van der Waals surface area contributed by atoms with Crippen molar-refractivity contribution in [3.05, 3.63) is 46.0 Å². The molecular formula is C17H17NO14S2. The molecule has 34 heavy (non-hydrogen) atoms. The lowest BCUT2D eigenvalue weighted by atomic mass is 9.83. The number of aliphatic carboxylic acids is 1. The summed E-state index contributed by atoms with van der Waals surface area (Å²) >= 11 is 0. The number of rotatable bonds is 10. The molecule has 0 aromatic rings. The van der Waals surface area contributed by atoms with Gasteiger partial charge < -0.3 is 19.7 Å². The molecule has 0 saturated heterocycles. The van der Waals surface area contributed by atoms with Gasteiger partial charge in [-0.25, -0.2) is 4.79 Å². The normalized spacial score (nSPS) is 21.8. The van der Waals surface area contributed by atoms with E-state index in [1.807, 2.05) is 0 Å². The number of allylic oxidation sites excluding steroid dienone is 1. The molecule has 0 fully saturated rings. The van der Waals surface area contributed by atoms with Crippen LogP contribution >= 0.6 is 0 Å². The predicted molar refractivity (Wildman–Crippen MR) is 108 cm³/mol. The van der Waals surface area contributed by atoms with E-state index in [1.165, 1.54) is 4.72 Å². The molecule has 2 rings (SSSR count). The second-order valence-corrected chi connectivity index (χ2v) is 9.43. The van der Waals surface area contributed by atoms with Crippen molar-refractivity contribution >= 4 is 44.4 Å². The highest BCUT2D eigenvalue weighted by Crippen LogP contribution is 2.32. The van der Waals surface area contributed by atoms with Gasteiger partial charge in [0.2, 0.25) is 5.78 Å². The van der Waals surface area contributed by atoms with Crippen molar-refractivity contribution < 1.29 is 64.8 Å². The molecule has 2 aliphatic carbocycles. The molecular weight excluding hydrogens is 506 g/mol. The minimum Gasteiger partial charge on any atom is -0.498 e. The Kier molecular flexibility index (Phi) is 7.91. The van der Waals surface area contributed by atoms with Gasteiger partial charge >= 0.3 is 16.3 Å². The number of carboxylic acid groups (broad SMARTS) is 1. The van der Waals surface area contributed by atoms with E-state index in [4.69, 9.17) is 13.8 Å². The molecule has 2 aliphatic rings. The lowest BCUT2D eigenvalue weighted by molar-refractivity contribution is -0.133. The van der Waals surface area contributed by atoms with E-state index in [1.54, 1.807) is 0 Å². The number of hydrogen-bond donors (Lipinski definition) is 5. The molecule has 0 aliphatic heterocycles. The van der Waals surface area contributed by atoms with E-state index in [2.05, 4.69) is 4.74 Å². The number of Topliss-reactive ketones (excluding diaryl/α,β-unsaturated/α-hetero) is 2. The van der Waals surface area contributed by atoms with Gasteiger partial charge in [-0.2, -0.15) is 21.6 Å². The summed E-state index contributed by atoms with van der Waals surface area (Å²) in [4.78, 5) is 47.9. The molecule has 5 N–H and O–H groups in total. The van der Waals surface area contributed by atoms with Gasteiger partial charge in [0.1, 0.15) is 17.6 Å². The zero-order valence-electron chi connectivity index (χ0n) is 17.0. The standard InChI is InChI=1S/C17H17NO14S2/c1-31-11-4-10(17(23)24)9(13(20)14(11)21)3-7-2-8(5-33(25,26)27)16(32-6-19)15(22)12(7)18-34(28,29)30/h2,4,6,12,14,18,21H,3,5H2,1H3,(H,23,24)(H,25,26,27)(H,28,29,30). The Labute approximate surface area is 191 Å². The van der Waals surface area contributed by atoms with Crippen molar-refractivity contribution in [3.63, 3.8) is 0 Å². The fourth-order valence-electron chi connectivity index (χ4n) is 3.23. The second-order valence-electron chi connectivity index (χ2n) is 6.80. The van der Waals surface area contributed by atoms with Gasteiger partial charge in [-0.1, -0.05) is 6.08 Å². The van der Waals surface area contributed by atoms with E-state index < -0.39 is 96.1 Å². The summed E-state index contributed by atoms with van der Waals surface area (Å²) in [6.07, 6.45) is -1.22. The number of nitrogens with one attached hydrogen (secondary N) is 1. The number of ether oxygens (including phenoxy) is 2. The number of ketones is 2. The third-order valence-electron chi connectivity index (χ3n) is 4.55. The van der Waals surface area contributed by atoms with Crippen LogP contribution in [0.4, 0.5) is 0 Å². The van der Waals surface area contributed by atoms with Gasteiger partial charge in [-0.15, -0.1) is 0 Å². The maximum absolute atomic E-state index is 12.8. The second kappa shape index (κ2) is 9.95. The Bertz CT molecular complexity index is 1280. The number of aliphatic hydroxyl groups excluding tert-OH is 1. The van der Waals surface area contributed by atoms with Gasteiger partial charge in [0.25, 0.3) is 16.6 Å². The van der Waals surface area contributed by atoms with Crippen LogP contribution in [0.2, 0.25) is 0 Å². The van der Waals surface area contributed by atoms with Crippen LogP contribution in [-0.2, 0) is 49.1 Å². The van der Waals surface area contributed by atoms with Crippen LogP contribution in [0.25, 0.3) is 0 Å². The lowest BCUT2D eigenvalue weighted by Crippen LogP contribution is -2.45. The summed E-state index contributed by atoms with van der Waals surface area (Å²) in [6, 6.07) is -2.09. The zero-order valence-corrected chi connectivity index (χ0v) is 18.6. The Hall–Kier alpha value is -3.22. The molecule has 0 aromatic carbocycles. The van der Waals surface area contributed by atoms with Gasteiger partial charge in [-0.05, 0) is 11.6 Å². The van der Waals surface area contributed by atoms with Crippen LogP contribution in [0, 0.1) is 0 Å². The monoisotopic (exact) mass is 523 g/mol. The largest absolute Gasteiger partial charge is 0.498 e. The number of carbonyl (C=O) groups is 4. The molecule has 0 heterocycles. The Morgan fingerprint density at radius 1 is 1.15 bits per heavy atom. The van der Waals surface area contributed by atoms with Crippen LogP contribution in [-0.4, -0.2) is 85.2 Å². The van der Waals surface area contributed by atoms with Crippen molar-refractivity contribution in [2.75, 3.05) is 12.9 Å². The third kappa shape index (κ3) is 6.22. The SMILES string of the molecule is COC1=CC(C(=O)O)=C(CC2=CC(CS(=O)(=O)O)=C(OC=O)C(=O)C2NS(=O)(=O)O)C(=O)C1O. The maximum Gasteiger partial charge on any atom is 0.336 e. The van der Waals surface area contributed by atoms with Crippen molar-refractivity contribution in [2.45, 2.75) is 18.6 Å². The summed E-state index contributed by atoms with van der Waals surface area (Å²) < 4.78 is 74.5. The number of carbonyl (C=O) groups excluding carboxylic acids is 3. The molecule has 186 valence electrons. The van der Waals surface area contributed by atoms with E-state index in [0.717, 1.165) is 19.3 Å². The molecule has 0 radical (unpaired) electrons. The smallest absolute Gasteiger partial charge is 0.336 e. The first-order chi connectivity index (χ1) is 15.6. The number of methoxy groups -OCH3 is 1. The molecule has 0 saturated carbocycles. The van der Waals surface area contributed by atoms with Crippen LogP contribution in [0.1, 0.15) is 6.42 Å². The first-order valence-corrected chi connectivity index (χ1v) is 11.9. The van der Waals surface area contributed by atoms with Gasteiger partial charge in [0.15, 0.2) is 17.6 Å². The Balaban J connectivity index is 2.76. The van der Waals surface area contributed by atoms with Crippen molar-refractivity contribution in [1.29, 1.82) is 0 Å². The average molecular weight is 523 g/mol. The topological polar surface area (TPSA) is 248 Å². The number of aliphatic hydroxyl groups is 1. The summed E-state index contributed by atoms with van der Waals surface area (Å²) in [5.41, 5.74) is -2.45. The van der Waals surface area contributed by atoms with Crippen molar-refractivity contribution in [3.8, 4) is 0 Å². The Morgan fingerprint density at radius 3 is 2.24 bits per heavy atom. The van der Waals surface area contributed by atoms with E-state index >= 15 is 0 Å². The maximum atomic E-state index is 12.8. The van der Waals surface area contributed by atoms with Gasteiger partial charge in [0, 0.05) is 17.6 Å². The summed E-state index contributed by atoms with van der Waals surface area (Å²) in [7, 11) is -8.91. The molecule has 17 heteroatoms. The first-order valence-electron chi connectivity index (χ1n) is 8.82. The zero-order chi connectivity index (χ0) is 26.0. The van der Waals surface area contributed by atoms with Crippen LogP contribution in [0.5, 0.6) is 0 Å². The van der Waals surface area contributed by atoms with E-state index in [-0.39, 0.29) is 6.47 Å². The van der Waals surface area contributed by atoms with Crippen LogP contribution in [0.15, 0.2) is 46.0 Å². The molecule has 0 aromatic heterocycles. The highest BCUT2D eigenvalue weighted by atomic mass is 32.2. The quantitative estimate of drug-likeness (QED) is 0.151. The van der Waals surface area contributed by atoms with Crippen LogP contribution in [0.3, 0.4) is 0 Å². The molecule has 0 bridgehead atoms. The van der Waals surface area contributed by atoms with Crippen molar-refractivity contribution in [2.24, 2.45) is 0 Å². The summed E-state index contributed by atoms with van der Waals surface area (Å²) in [5, 5.41) is 19.5. The number of hydrogen-bond acceptors (Lipinski definition) is 11. The van der Waals surface area contributed by atoms with Gasteiger partial charge in [-0.3, -0.25) is 23.5 Å². The average Bonchev–Trinajstić information content (AvgIpc) is 2.69. The van der Waals surface area contributed by atoms with Crippen molar-refractivity contribution in [1.82, 2.24) is 4.72 Å². The summed E-state index contributed by atoms with van der Waals surface area (Å²) in [6.45, 7) is -0.288. The Morgan fingerprint density at radius 2 is 1.76 bits per heavy atom. The third-order valence-corrected chi connectivity index (χ3v) is 5.76. The molecule has 2 unspecified atom stereocenters. The predicted octanol–water partition coefficient (Wildman–Crippen LogP) is -2.18.